The van der Waals surface area contributed by atoms with E-state index in [4.69, 9.17) is 0 Å². The van der Waals surface area contributed by atoms with Gasteiger partial charge in [-0.2, -0.15) is 0 Å². The molecule has 0 saturated carbocycles. The van der Waals surface area contributed by atoms with Crippen molar-refractivity contribution in [2.24, 2.45) is 0 Å². The van der Waals surface area contributed by atoms with Gasteiger partial charge in [0.2, 0.25) is 0 Å². The number of aromatic nitrogens is 2. The zero-order valence-electron chi connectivity index (χ0n) is 8.29. The van der Waals surface area contributed by atoms with Gasteiger partial charge in [-0.15, -0.1) is 0 Å². The van der Waals surface area contributed by atoms with Gasteiger partial charge in [-0.05, 0) is 18.9 Å². The fourth-order valence-electron chi connectivity index (χ4n) is 1.25. The van der Waals surface area contributed by atoms with E-state index >= 15 is 0 Å². The quantitative estimate of drug-likeness (QED) is 0.664. The Kier molecular flexibility index (Phi) is 4.99. The van der Waals surface area contributed by atoms with E-state index < -0.39 is 0 Å². The maximum Gasteiger partial charge on any atom is 0.129 e. The molecule has 0 aliphatic carbocycles. The van der Waals surface area contributed by atoms with Gasteiger partial charge in [-0.3, -0.25) is 0 Å². The second-order valence-corrected chi connectivity index (χ2v) is 3.23. The number of H-pyrrole nitrogens is 1. The van der Waals surface area contributed by atoms with Crippen molar-refractivity contribution in [1.82, 2.24) is 9.97 Å². The molecule has 0 fully saturated rings. The lowest BCUT2D eigenvalue weighted by atomic mass is 10.1. The van der Waals surface area contributed by atoms with E-state index in [9.17, 15) is 0 Å². The Morgan fingerprint density at radius 1 is 1.38 bits per heavy atom. The lowest BCUT2D eigenvalue weighted by molar-refractivity contribution is 0.675. The first kappa shape index (κ1) is 10.0. The van der Waals surface area contributed by atoms with Crippen LogP contribution >= 0.6 is 0 Å². The first-order chi connectivity index (χ1) is 6.43. The molecule has 0 bridgehead atoms. The van der Waals surface area contributed by atoms with Crippen LogP contribution in [0.2, 0.25) is 0 Å². The normalized spacial score (nSPS) is 11.2. The largest absolute Gasteiger partial charge is 0.345 e. The molecule has 0 amide bonds. The van der Waals surface area contributed by atoms with Crippen molar-refractivity contribution in [1.29, 1.82) is 0 Å². The summed E-state index contributed by atoms with van der Waals surface area (Å²) in [5, 5.41) is 0. The topological polar surface area (TPSA) is 28.7 Å². The number of nitrogens with one attached hydrogen (secondary N) is 1. The molecule has 2 nitrogen and oxygen atoms in total. The van der Waals surface area contributed by atoms with Crippen LogP contribution < -0.4 is 0 Å². The Bertz CT molecular complexity index is 224. The van der Waals surface area contributed by atoms with Crippen LogP contribution in [0.4, 0.5) is 0 Å². The number of rotatable bonds is 6. The van der Waals surface area contributed by atoms with Crippen LogP contribution in [0.1, 0.15) is 44.9 Å². The molecule has 1 aromatic rings. The molecule has 1 N–H and O–H groups in total. The highest BCUT2D eigenvalue weighted by molar-refractivity contribution is 5.38. The number of nitrogens with zero attached hydrogens (tertiary/aromatic N) is 1. The van der Waals surface area contributed by atoms with Gasteiger partial charge >= 0.3 is 0 Å². The van der Waals surface area contributed by atoms with Crippen LogP contribution in [0, 0.1) is 0 Å². The fraction of sp³-hybridized carbons (Fsp3) is 0.545. The maximum absolute atomic E-state index is 4.11. The zero-order valence-corrected chi connectivity index (χ0v) is 8.29. The average Bonchev–Trinajstić information content (AvgIpc) is 2.63. The fourth-order valence-corrected chi connectivity index (χ4v) is 1.25. The summed E-state index contributed by atoms with van der Waals surface area (Å²) in [4.78, 5) is 7.15. The Morgan fingerprint density at radius 3 is 3.00 bits per heavy atom. The van der Waals surface area contributed by atoms with Gasteiger partial charge < -0.3 is 4.98 Å². The summed E-state index contributed by atoms with van der Waals surface area (Å²) in [5.74, 6) is 0.954. The van der Waals surface area contributed by atoms with Crippen molar-refractivity contribution >= 4 is 6.08 Å². The molecular formula is C11H18N2. The van der Waals surface area contributed by atoms with E-state index in [2.05, 4.69) is 23.0 Å². The molecule has 0 unspecified atom stereocenters. The predicted octanol–water partition coefficient (Wildman–Crippen LogP) is 3.39. The van der Waals surface area contributed by atoms with Crippen molar-refractivity contribution < 1.29 is 0 Å². The highest BCUT2D eigenvalue weighted by Crippen LogP contribution is 2.04. The summed E-state index contributed by atoms with van der Waals surface area (Å²) in [6.07, 6.45) is 14.3. The predicted molar refractivity (Wildman–Crippen MR) is 56.4 cm³/mol. The summed E-state index contributed by atoms with van der Waals surface area (Å²) < 4.78 is 0. The number of hydrogen-bond acceptors (Lipinski definition) is 1. The Morgan fingerprint density at radius 2 is 2.31 bits per heavy atom. The third-order valence-corrected chi connectivity index (χ3v) is 2.02. The molecule has 0 spiro atoms. The van der Waals surface area contributed by atoms with Gasteiger partial charge in [0, 0.05) is 12.4 Å². The van der Waals surface area contributed by atoms with Crippen molar-refractivity contribution in [2.75, 3.05) is 0 Å². The van der Waals surface area contributed by atoms with Crippen molar-refractivity contribution in [3.05, 3.63) is 24.3 Å². The minimum absolute atomic E-state index is 0.954. The average molecular weight is 178 g/mol. The number of imidazole rings is 1. The highest BCUT2D eigenvalue weighted by Gasteiger charge is 1.86. The Hall–Kier alpha value is -1.05. The van der Waals surface area contributed by atoms with Gasteiger partial charge in [0.05, 0.1) is 0 Å². The summed E-state index contributed by atoms with van der Waals surface area (Å²) in [6.45, 7) is 2.23. The third kappa shape index (κ3) is 4.51. The van der Waals surface area contributed by atoms with Crippen molar-refractivity contribution in [3.63, 3.8) is 0 Å². The molecule has 0 aliphatic rings. The first-order valence-electron chi connectivity index (χ1n) is 5.09. The van der Waals surface area contributed by atoms with Gasteiger partial charge in [0.15, 0.2) is 0 Å². The molecule has 0 aliphatic heterocycles. The van der Waals surface area contributed by atoms with E-state index in [0.717, 1.165) is 5.82 Å². The van der Waals surface area contributed by atoms with Crippen LogP contribution in [0.3, 0.4) is 0 Å². The Balaban J connectivity index is 2.05. The smallest absolute Gasteiger partial charge is 0.129 e. The van der Waals surface area contributed by atoms with Crippen LogP contribution in [0.15, 0.2) is 18.5 Å². The molecule has 72 valence electrons. The van der Waals surface area contributed by atoms with Crippen LogP contribution in [0.5, 0.6) is 0 Å². The number of hydrogen-bond donors (Lipinski definition) is 1. The number of aromatic amines is 1. The monoisotopic (exact) mass is 178 g/mol. The van der Waals surface area contributed by atoms with Crippen molar-refractivity contribution in [2.45, 2.75) is 39.0 Å². The first-order valence-corrected chi connectivity index (χ1v) is 5.09. The second kappa shape index (κ2) is 6.46. The lowest BCUT2D eigenvalue weighted by Gasteiger charge is -1.93. The van der Waals surface area contributed by atoms with E-state index in [0.29, 0.717) is 0 Å². The van der Waals surface area contributed by atoms with Gasteiger partial charge in [0.1, 0.15) is 5.82 Å². The highest BCUT2D eigenvalue weighted by atomic mass is 14.9. The summed E-state index contributed by atoms with van der Waals surface area (Å²) >= 11 is 0. The summed E-state index contributed by atoms with van der Waals surface area (Å²) in [6, 6.07) is 0. The molecule has 1 rings (SSSR count). The molecule has 2 heteroatoms. The molecule has 13 heavy (non-hydrogen) atoms. The Labute approximate surface area is 80.1 Å². The lowest BCUT2D eigenvalue weighted by Crippen LogP contribution is -1.75. The molecular weight excluding hydrogens is 160 g/mol. The maximum atomic E-state index is 4.11. The summed E-state index contributed by atoms with van der Waals surface area (Å²) in [7, 11) is 0. The van der Waals surface area contributed by atoms with E-state index in [-0.39, 0.29) is 0 Å². The molecule has 0 atom stereocenters. The van der Waals surface area contributed by atoms with Crippen LogP contribution in [0.25, 0.3) is 6.08 Å². The number of allylic oxidation sites excluding steroid dienone is 1. The second-order valence-electron chi connectivity index (χ2n) is 3.23. The molecule has 0 saturated heterocycles. The molecule has 0 radical (unpaired) electrons. The van der Waals surface area contributed by atoms with Gasteiger partial charge in [-0.1, -0.05) is 32.3 Å². The van der Waals surface area contributed by atoms with E-state index in [1.54, 1.807) is 6.20 Å². The van der Waals surface area contributed by atoms with Crippen LogP contribution in [-0.4, -0.2) is 9.97 Å². The minimum Gasteiger partial charge on any atom is -0.345 e. The van der Waals surface area contributed by atoms with E-state index in [1.807, 2.05) is 12.3 Å². The minimum atomic E-state index is 0.954. The molecule has 1 aromatic heterocycles. The van der Waals surface area contributed by atoms with E-state index in [1.165, 1.54) is 32.1 Å². The SMILES string of the molecule is CCCCCCC=Cc1ncc[nH]1. The van der Waals surface area contributed by atoms with Gasteiger partial charge in [0.25, 0.3) is 0 Å². The van der Waals surface area contributed by atoms with Gasteiger partial charge in [-0.25, -0.2) is 4.98 Å². The third-order valence-electron chi connectivity index (χ3n) is 2.02. The number of unbranched alkanes of at least 4 members (excludes halogenated alkanes) is 4. The standard InChI is InChI=1S/C11H18N2/c1-2-3-4-5-6-7-8-11-12-9-10-13-11/h7-10H,2-6H2,1H3,(H,12,13). The van der Waals surface area contributed by atoms with Crippen LogP contribution in [-0.2, 0) is 0 Å². The summed E-state index contributed by atoms with van der Waals surface area (Å²) in [5.41, 5.74) is 0. The van der Waals surface area contributed by atoms with Crippen molar-refractivity contribution in [3.8, 4) is 0 Å². The molecule has 0 aromatic carbocycles. The molecule has 1 heterocycles. The zero-order chi connectivity index (χ0) is 9.36.